The van der Waals surface area contributed by atoms with Crippen LogP contribution in [0.15, 0.2) is 6.07 Å². The van der Waals surface area contributed by atoms with Gasteiger partial charge in [0, 0.05) is 11.1 Å². The predicted octanol–water partition coefficient (Wildman–Crippen LogP) is 2.91. The first-order valence-electron chi connectivity index (χ1n) is 4.75. The Labute approximate surface area is 98.3 Å². The minimum atomic E-state index is -0.687. The molecule has 1 rings (SSSR count). The molecule has 0 amide bonds. The molecule has 90 valence electrons. The average Bonchev–Trinajstić information content (AvgIpc) is 2.12. The second-order valence-electron chi connectivity index (χ2n) is 4.33. The number of hydrogen-bond acceptors (Lipinski definition) is 2. The summed E-state index contributed by atoms with van der Waals surface area (Å²) in [5.74, 6) is -1.51. The first kappa shape index (κ1) is 13.2. The van der Waals surface area contributed by atoms with Crippen molar-refractivity contribution in [1.29, 1.82) is 0 Å². The monoisotopic (exact) mass is 249 g/mol. The summed E-state index contributed by atoms with van der Waals surface area (Å²) >= 11 is 5.57. The summed E-state index contributed by atoms with van der Waals surface area (Å²) in [6, 6.07) is 0.892. The van der Waals surface area contributed by atoms with E-state index in [9.17, 15) is 8.78 Å². The first-order valence-corrected chi connectivity index (χ1v) is 5.13. The molecular formula is C11H14ClF2NO. The number of halogens is 3. The Morgan fingerprint density at radius 2 is 2.00 bits per heavy atom. The number of rotatable bonds is 3. The van der Waals surface area contributed by atoms with Gasteiger partial charge in [0.1, 0.15) is 5.82 Å². The third kappa shape index (κ3) is 2.83. The Bertz CT molecular complexity index is 402. The molecule has 0 aliphatic carbocycles. The van der Waals surface area contributed by atoms with E-state index in [2.05, 4.69) is 0 Å². The largest absolute Gasteiger partial charge is 0.493 e. The van der Waals surface area contributed by atoms with Gasteiger partial charge in [0.15, 0.2) is 11.6 Å². The second-order valence-corrected chi connectivity index (χ2v) is 4.74. The Morgan fingerprint density at radius 3 is 2.44 bits per heavy atom. The molecular weight excluding hydrogens is 236 g/mol. The molecule has 0 heterocycles. The van der Waals surface area contributed by atoms with Gasteiger partial charge in [-0.3, -0.25) is 0 Å². The van der Waals surface area contributed by atoms with Crippen LogP contribution >= 0.6 is 11.6 Å². The highest BCUT2D eigenvalue weighted by Gasteiger charge is 2.23. The first-order chi connectivity index (χ1) is 7.26. The van der Waals surface area contributed by atoms with Gasteiger partial charge in [-0.1, -0.05) is 11.6 Å². The van der Waals surface area contributed by atoms with Crippen molar-refractivity contribution >= 4 is 11.6 Å². The van der Waals surface area contributed by atoms with Gasteiger partial charge in [-0.25, -0.2) is 8.78 Å². The van der Waals surface area contributed by atoms with Crippen molar-refractivity contribution in [2.45, 2.75) is 25.8 Å². The van der Waals surface area contributed by atoms with E-state index in [-0.39, 0.29) is 22.8 Å². The second kappa shape index (κ2) is 4.55. The van der Waals surface area contributed by atoms with Crippen LogP contribution in [0.4, 0.5) is 8.78 Å². The maximum Gasteiger partial charge on any atom is 0.167 e. The summed E-state index contributed by atoms with van der Waals surface area (Å²) in [4.78, 5) is 0. The van der Waals surface area contributed by atoms with Gasteiger partial charge in [0.05, 0.1) is 12.1 Å². The van der Waals surface area contributed by atoms with Gasteiger partial charge in [-0.2, -0.15) is 0 Å². The van der Waals surface area contributed by atoms with Crippen molar-refractivity contribution in [3.8, 4) is 5.75 Å². The molecule has 0 spiro atoms. The number of hydrogen-bond donors (Lipinski definition) is 1. The molecule has 2 nitrogen and oxygen atoms in total. The molecule has 1 aromatic rings. The third-order valence-corrected chi connectivity index (χ3v) is 2.33. The molecule has 0 aliphatic rings. The molecule has 0 atom stereocenters. The van der Waals surface area contributed by atoms with Gasteiger partial charge < -0.3 is 10.5 Å². The van der Waals surface area contributed by atoms with Gasteiger partial charge in [0.2, 0.25) is 0 Å². The Hall–Kier alpha value is -0.870. The van der Waals surface area contributed by atoms with Crippen molar-refractivity contribution in [2.75, 3.05) is 7.11 Å². The summed E-state index contributed by atoms with van der Waals surface area (Å²) in [5.41, 5.74) is 5.17. The van der Waals surface area contributed by atoms with Crippen LogP contribution in [-0.4, -0.2) is 12.6 Å². The summed E-state index contributed by atoms with van der Waals surface area (Å²) in [5, 5.41) is -0.266. The minimum absolute atomic E-state index is 0.0694. The van der Waals surface area contributed by atoms with Crippen molar-refractivity contribution < 1.29 is 13.5 Å². The summed E-state index contributed by atoms with van der Waals surface area (Å²) < 4.78 is 32.0. The molecule has 0 saturated heterocycles. The lowest BCUT2D eigenvalue weighted by atomic mass is 9.95. The predicted molar refractivity (Wildman–Crippen MR) is 59.9 cm³/mol. The number of benzene rings is 1. The lowest BCUT2D eigenvalue weighted by molar-refractivity contribution is 0.369. The lowest BCUT2D eigenvalue weighted by Gasteiger charge is -2.21. The van der Waals surface area contributed by atoms with E-state index in [1.54, 1.807) is 13.8 Å². The molecule has 0 fully saturated rings. The highest BCUT2D eigenvalue weighted by molar-refractivity contribution is 6.30. The van der Waals surface area contributed by atoms with E-state index >= 15 is 0 Å². The fourth-order valence-corrected chi connectivity index (χ4v) is 1.67. The van der Waals surface area contributed by atoms with Crippen molar-refractivity contribution in [3.63, 3.8) is 0 Å². The highest BCUT2D eigenvalue weighted by Crippen LogP contribution is 2.32. The molecule has 5 heteroatoms. The molecule has 0 bridgehead atoms. The zero-order valence-corrected chi connectivity index (χ0v) is 10.2. The molecule has 0 saturated carbocycles. The molecule has 0 unspecified atom stereocenters. The van der Waals surface area contributed by atoms with E-state index in [4.69, 9.17) is 22.1 Å². The zero-order valence-electron chi connectivity index (χ0n) is 9.40. The average molecular weight is 250 g/mol. The van der Waals surface area contributed by atoms with Gasteiger partial charge in [-0.05, 0) is 26.3 Å². The van der Waals surface area contributed by atoms with Crippen LogP contribution in [0.5, 0.6) is 5.75 Å². The molecule has 0 aliphatic heterocycles. The van der Waals surface area contributed by atoms with Crippen molar-refractivity contribution in [2.24, 2.45) is 5.73 Å². The molecule has 2 N–H and O–H groups in total. The summed E-state index contributed by atoms with van der Waals surface area (Å²) in [6.45, 7) is 3.43. The number of ether oxygens (including phenoxy) is 1. The maximum absolute atomic E-state index is 13.7. The van der Waals surface area contributed by atoms with Crippen LogP contribution in [0.3, 0.4) is 0 Å². The Kier molecular flexibility index (Phi) is 3.76. The number of nitrogens with two attached hydrogens (primary N) is 1. The van der Waals surface area contributed by atoms with Crippen LogP contribution < -0.4 is 10.5 Å². The minimum Gasteiger partial charge on any atom is -0.493 e. The Morgan fingerprint density at radius 1 is 1.44 bits per heavy atom. The summed E-state index contributed by atoms with van der Waals surface area (Å²) in [7, 11) is 1.28. The fourth-order valence-electron chi connectivity index (χ4n) is 1.46. The van der Waals surface area contributed by atoms with E-state index < -0.39 is 17.2 Å². The smallest absolute Gasteiger partial charge is 0.167 e. The quantitative estimate of drug-likeness (QED) is 0.836. The lowest BCUT2D eigenvalue weighted by Crippen LogP contribution is -2.35. The normalized spacial score (nSPS) is 11.7. The van der Waals surface area contributed by atoms with Gasteiger partial charge in [-0.15, -0.1) is 0 Å². The fraction of sp³-hybridized carbons (Fsp3) is 0.455. The van der Waals surface area contributed by atoms with Crippen LogP contribution in [0.25, 0.3) is 0 Å². The Balaban J connectivity index is 3.33. The SMILES string of the molecule is COc1c(F)cc(Cl)c(F)c1CC(C)(C)N. The number of methoxy groups -OCH3 is 1. The van der Waals surface area contributed by atoms with E-state index in [1.807, 2.05) is 0 Å². The molecule has 0 aromatic heterocycles. The van der Waals surface area contributed by atoms with Crippen LogP contribution in [-0.2, 0) is 6.42 Å². The van der Waals surface area contributed by atoms with Gasteiger partial charge in [0.25, 0.3) is 0 Å². The van der Waals surface area contributed by atoms with Crippen LogP contribution in [0, 0.1) is 11.6 Å². The van der Waals surface area contributed by atoms with E-state index in [0.29, 0.717) is 0 Å². The topological polar surface area (TPSA) is 35.2 Å². The van der Waals surface area contributed by atoms with E-state index in [1.165, 1.54) is 7.11 Å². The van der Waals surface area contributed by atoms with Gasteiger partial charge >= 0.3 is 0 Å². The van der Waals surface area contributed by atoms with Crippen molar-refractivity contribution in [3.05, 3.63) is 28.3 Å². The standard InChI is InChI=1S/C11H14ClF2NO/c1-11(2,15)5-6-9(14)7(12)4-8(13)10(6)16-3/h4H,5,15H2,1-3H3. The molecule has 0 radical (unpaired) electrons. The maximum atomic E-state index is 13.7. The van der Waals surface area contributed by atoms with Crippen LogP contribution in [0.2, 0.25) is 5.02 Å². The highest BCUT2D eigenvalue weighted by atomic mass is 35.5. The van der Waals surface area contributed by atoms with Crippen molar-refractivity contribution in [1.82, 2.24) is 0 Å². The molecule has 1 aromatic carbocycles. The van der Waals surface area contributed by atoms with E-state index in [0.717, 1.165) is 6.07 Å². The molecule has 16 heavy (non-hydrogen) atoms. The zero-order chi connectivity index (χ0) is 12.5. The summed E-state index contributed by atoms with van der Waals surface area (Å²) in [6.07, 6.45) is 0.138. The third-order valence-electron chi connectivity index (χ3n) is 2.06. The van der Waals surface area contributed by atoms with Crippen LogP contribution in [0.1, 0.15) is 19.4 Å².